The highest BCUT2D eigenvalue weighted by Crippen LogP contribution is 2.50. The molecule has 0 radical (unpaired) electrons. The molecule has 2 aliphatic rings. The molecule has 2 nitrogen and oxygen atoms in total. The van der Waals surface area contributed by atoms with Crippen LogP contribution in [-0.4, -0.2) is 29.1 Å². The van der Waals surface area contributed by atoms with E-state index in [-0.39, 0.29) is 17.8 Å². The van der Waals surface area contributed by atoms with Crippen molar-refractivity contribution >= 4 is 12.4 Å². The zero-order valence-corrected chi connectivity index (χ0v) is 17.1. The maximum atomic E-state index is 9.99. The van der Waals surface area contributed by atoms with Gasteiger partial charge in [-0.15, -0.1) is 12.4 Å². The van der Waals surface area contributed by atoms with Crippen LogP contribution in [0.4, 0.5) is 0 Å². The summed E-state index contributed by atoms with van der Waals surface area (Å²) >= 11 is 0. The molecule has 2 aromatic carbocycles. The van der Waals surface area contributed by atoms with Crippen molar-refractivity contribution in [3.63, 3.8) is 0 Å². The minimum Gasteiger partial charge on any atom is -0.508 e. The van der Waals surface area contributed by atoms with Crippen LogP contribution >= 0.6 is 12.4 Å². The molecule has 1 N–H and O–H groups in total. The number of nitrogens with zero attached hydrogens (tertiary/aromatic N) is 1. The number of likely N-dealkylation sites (tertiary alicyclic amines) is 1. The first-order valence-corrected chi connectivity index (χ1v) is 10.2. The molecule has 1 saturated carbocycles. The van der Waals surface area contributed by atoms with Crippen LogP contribution in [0.25, 0.3) is 0 Å². The average molecular weight is 386 g/mol. The normalized spacial score (nSPS) is 27.7. The van der Waals surface area contributed by atoms with Gasteiger partial charge in [-0.05, 0) is 67.8 Å². The monoisotopic (exact) mass is 385 g/mol. The fourth-order valence-corrected chi connectivity index (χ4v) is 5.48. The molecular formula is C24H32ClNO. The van der Waals surface area contributed by atoms with Gasteiger partial charge >= 0.3 is 0 Å². The molecule has 0 spiro atoms. The van der Waals surface area contributed by atoms with Crippen molar-refractivity contribution in [2.45, 2.75) is 56.9 Å². The van der Waals surface area contributed by atoms with E-state index in [1.165, 1.54) is 62.7 Å². The highest BCUT2D eigenvalue weighted by molar-refractivity contribution is 5.85. The molecule has 3 heteroatoms. The van der Waals surface area contributed by atoms with Crippen LogP contribution in [0.3, 0.4) is 0 Å². The lowest BCUT2D eigenvalue weighted by atomic mass is 9.58. The zero-order chi connectivity index (χ0) is 18.0. The third-order valence-electron chi connectivity index (χ3n) is 6.90. The van der Waals surface area contributed by atoms with E-state index < -0.39 is 0 Å². The first-order valence-electron chi connectivity index (χ1n) is 10.2. The first kappa shape index (κ1) is 20.2. The largest absolute Gasteiger partial charge is 0.508 e. The van der Waals surface area contributed by atoms with Crippen LogP contribution in [0, 0.1) is 5.92 Å². The van der Waals surface area contributed by atoms with E-state index in [1.54, 1.807) is 6.07 Å². The Morgan fingerprint density at radius 1 is 1.11 bits per heavy atom. The van der Waals surface area contributed by atoms with Gasteiger partial charge in [0.2, 0.25) is 0 Å². The molecule has 0 aromatic heterocycles. The molecule has 2 aromatic rings. The van der Waals surface area contributed by atoms with Gasteiger partial charge in [0.25, 0.3) is 0 Å². The summed E-state index contributed by atoms with van der Waals surface area (Å²) in [5.74, 6) is 1.05. The number of rotatable bonds is 5. The lowest BCUT2D eigenvalue weighted by Crippen LogP contribution is -2.56. The van der Waals surface area contributed by atoms with Crippen molar-refractivity contribution in [1.82, 2.24) is 4.90 Å². The first-order chi connectivity index (χ1) is 12.7. The van der Waals surface area contributed by atoms with E-state index in [0.29, 0.717) is 17.7 Å². The van der Waals surface area contributed by atoms with Crippen LogP contribution in [0.5, 0.6) is 5.75 Å². The number of hydrogen-bond donors (Lipinski definition) is 1. The molecule has 2 bridgehead atoms. The van der Waals surface area contributed by atoms with Crippen molar-refractivity contribution in [2.24, 2.45) is 5.92 Å². The van der Waals surface area contributed by atoms with Crippen molar-refractivity contribution < 1.29 is 5.11 Å². The highest BCUT2D eigenvalue weighted by atomic mass is 35.5. The predicted molar refractivity (Wildman–Crippen MR) is 115 cm³/mol. The topological polar surface area (TPSA) is 23.5 Å². The molecule has 3 atom stereocenters. The Morgan fingerprint density at radius 2 is 1.93 bits per heavy atom. The van der Waals surface area contributed by atoms with Gasteiger partial charge in [0, 0.05) is 18.0 Å². The Bertz CT molecular complexity index is 734. The number of halogens is 1. The van der Waals surface area contributed by atoms with Crippen LogP contribution in [0.2, 0.25) is 0 Å². The quantitative estimate of drug-likeness (QED) is 0.726. The second kappa shape index (κ2) is 8.67. The van der Waals surface area contributed by atoms with E-state index in [1.807, 2.05) is 12.1 Å². The molecule has 1 heterocycles. The summed E-state index contributed by atoms with van der Waals surface area (Å²) in [5, 5.41) is 9.99. The summed E-state index contributed by atoms with van der Waals surface area (Å²) in [6.07, 6.45) is 7.58. The van der Waals surface area contributed by atoms with E-state index >= 15 is 0 Å². The van der Waals surface area contributed by atoms with Gasteiger partial charge < -0.3 is 10.0 Å². The summed E-state index contributed by atoms with van der Waals surface area (Å²) in [5.41, 5.74) is 3.08. The Morgan fingerprint density at radius 3 is 2.70 bits per heavy atom. The summed E-state index contributed by atoms with van der Waals surface area (Å²) < 4.78 is 0. The van der Waals surface area contributed by atoms with E-state index in [9.17, 15) is 5.11 Å². The molecule has 146 valence electrons. The zero-order valence-electron chi connectivity index (χ0n) is 16.3. The predicted octanol–water partition coefficient (Wildman–Crippen LogP) is 5.58. The molecule has 2 fully saturated rings. The molecule has 4 rings (SSSR count). The SMILES string of the molecule is C[C@@H]1CN(CCCc2ccccc2)[C@@H]2CCC[C@]1(c1cccc(O)c1)C2.Cl. The summed E-state index contributed by atoms with van der Waals surface area (Å²) in [4.78, 5) is 2.76. The molecule has 1 aliphatic heterocycles. The number of hydrogen-bond acceptors (Lipinski definition) is 2. The molecule has 1 saturated heterocycles. The number of benzene rings is 2. The minimum absolute atomic E-state index is 0. The van der Waals surface area contributed by atoms with Gasteiger partial charge in [0.05, 0.1) is 0 Å². The molecule has 27 heavy (non-hydrogen) atoms. The number of piperidine rings is 1. The third-order valence-corrected chi connectivity index (χ3v) is 6.90. The number of phenolic OH excluding ortho intramolecular Hbond substituents is 1. The smallest absolute Gasteiger partial charge is 0.115 e. The summed E-state index contributed by atoms with van der Waals surface area (Å²) in [7, 11) is 0. The summed E-state index contributed by atoms with van der Waals surface area (Å²) in [6.45, 7) is 4.82. The van der Waals surface area contributed by atoms with Crippen molar-refractivity contribution in [3.8, 4) is 5.75 Å². The van der Waals surface area contributed by atoms with Crippen LogP contribution < -0.4 is 0 Å². The maximum Gasteiger partial charge on any atom is 0.115 e. The Balaban J connectivity index is 0.00000210. The lowest BCUT2D eigenvalue weighted by Gasteiger charge is -2.54. The van der Waals surface area contributed by atoms with Crippen LogP contribution in [0.1, 0.15) is 50.2 Å². The number of fused-ring (bicyclic) bond motifs is 2. The number of phenols is 1. The average Bonchev–Trinajstić information content (AvgIpc) is 2.67. The standard InChI is InChI=1S/C24H31NO.ClH/c1-19-18-25(15-7-10-20-8-3-2-4-9-20)22-12-6-14-24(19,17-22)21-11-5-13-23(26)16-21;/h2-5,8-9,11,13,16,19,22,26H,6-7,10,12,14-15,17-18H2,1H3;1H/t19-,22-,24+;/m1./s1. The van der Waals surface area contributed by atoms with Crippen LogP contribution in [-0.2, 0) is 11.8 Å². The Labute approximate surface area is 170 Å². The van der Waals surface area contributed by atoms with Crippen molar-refractivity contribution in [2.75, 3.05) is 13.1 Å². The summed E-state index contributed by atoms with van der Waals surface area (Å²) in [6, 6.07) is 19.6. The fraction of sp³-hybridized carbons (Fsp3) is 0.500. The molecule has 0 amide bonds. The van der Waals surface area contributed by atoms with E-state index in [0.717, 1.165) is 0 Å². The molecular weight excluding hydrogens is 354 g/mol. The Hall–Kier alpha value is -1.51. The molecule has 0 unspecified atom stereocenters. The second-order valence-corrected chi connectivity index (χ2v) is 8.44. The third kappa shape index (κ3) is 4.17. The Kier molecular flexibility index (Phi) is 6.49. The van der Waals surface area contributed by atoms with E-state index in [4.69, 9.17) is 0 Å². The van der Waals surface area contributed by atoms with Gasteiger partial charge in [0.1, 0.15) is 5.75 Å². The maximum absolute atomic E-state index is 9.99. The van der Waals surface area contributed by atoms with Gasteiger partial charge in [-0.1, -0.05) is 55.8 Å². The van der Waals surface area contributed by atoms with Gasteiger partial charge in [-0.25, -0.2) is 0 Å². The lowest BCUT2D eigenvalue weighted by molar-refractivity contribution is 0.00933. The van der Waals surface area contributed by atoms with Crippen LogP contribution in [0.15, 0.2) is 54.6 Å². The van der Waals surface area contributed by atoms with Gasteiger partial charge in [0.15, 0.2) is 0 Å². The minimum atomic E-state index is 0. The molecule has 1 aliphatic carbocycles. The van der Waals surface area contributed by atoms with Crippen molar-refractivity contribution in [3.05, 3.63) is 65.7 Å². The highest BCUT2D eigenvalue weighted by Gasteiger charge is 2.47. The number of aromatic hydroxyl groups is 1. The van der Waals surface area contributed by atoms with Gasteiger partial charge in [-0.3, -0.25) is 0 Å². The fourth-order valence-electron chi connectivity index (χ4n) is 5.48. The second-order valence-electron chi connectivity index (χ2n) is 8.44. The van der Waals surface area contributed by atoms with Gasteiger partial charge in [-0.2, -0.15) is 0 Å². The number of aryl methyl sites for hydroxylation is 1. The van der Waals surface area contributed by atoms with E-state index in [2.05, 4.69) is 48.2 Å². The van der Waals surface area contributed by atoms with Crippen molar-refractivity contribution in [1.29, 1.82) is 0 Å².